The summed E-state index contributed by atoms with van der Waals surface area (Å²) in [6.45, 7) is 0.679. The van der Waals surface area contributed by atoms with Crippen LogP contribution in [0.25, 0.3) is 10.9 Å². The molecule has 0 radical (unpaired) electrons. The summed E-state index contributed by atoms with van der Waals surface area (Å²) in [4.78, 5) is 12.7. The van der Waals surface area contributed by atoms with Crippen molar-refractivity contribution in [3.8, 4) is 11.5 Å². The SMILES string of the molecule is COc1cc(Cn2cc(CC(=O)NC3CCCCC3)c3ccccc32)cc(OC)c1. The fourth-order valence-corrected chi connectivity index (χ4v) is 4.45. The molecule has 0 aliphatic heterocycles. The molecule has 0 spiro atoms. The Kier molecular flexibility index (Phi) is 6.26. The molecule has 3 aromatic rings. The maximum atomic E-state index is 12.7. The molecule has 1 fully saturated rings. The number of hydrogen-bond acceptors (Lipinski definition) is 3. The largest absolute Gasteiger partial charge is 0.497 e. The third-order valence-electron chi connectivity index (χ3n) is 5.96. The quantitative estimate of drug-likeness (QED) is 0.619. The maximum Gasteiger partial charge on any atom is 0.224 e. The molecule has 0 bridgehead atoms. The van der Waals surface area contributed by atoms with Crippen LogP contribution in [0.3, 0.4) is 0 Å². The number of hydrogen-bond donors (Lipinski definition) is 1. The Balaban J connectivity index is 1.57. The molecule has 5 heteroatoms. The zero-order valence-corrected chi connectivity index (χ0v) is 17.8. The molecule has 1 saturated carbocycles. The van der Waals surface area contributed by atoms with Crippen molar-refractivity contribution < 1.29 is 14.3 Å². The van der Waals surface area contributed by atoms with E-state index in [9.17, 15) is 4.79 Å². The van der Waals surface area contributed by atoms with E-state index in [1.807, 2.05) is 30.3 Å². The molecule has 1 amide bonds. The van der Waals surface area contributed by atoms with E-state index in [-0.39, 0.29) is 5.91 Å². The Bertz CT molecular complexity index is 996. The Morgan fingerprint density at radius 2 is 1.73 bits per heavy atom. The molecule has 1 N–H and O–H groups in total. The van der Waals surface area contributed by atoms with Gasteiger partial charge in [0.05, 0.1) is 20.6 Å². The third kappa shape index (κ3) is 4.61. The number of benzene rings is 2. The van der Waals surface area contributed by atoms with Crippen LogP contribution in [0.5, 0.6) is 11.5 Å². The first kappa shape index (κ1) is 20.3. The van der Waals surface area contributed by atoms with Gasteiger partial charge in [-0.05, 0) is 42.2 Å². The summed E-state index contributed by atoms with van der Waals surface area (Å²) in [5.74, 6) is 1.66. The molecule has 1 aliphatic rings. The van der Waals surface area contributed by atoms with Gasteiger partial charge in [-0.1, -0.05) is 37.5 Å². The van der Waals surface area contributed by atoms with Gasteiger partial charge in [0.25, 0.3) is 0 Å². The highest BCUT2D eigenvalue weighted by Crippen LogP contribution is 2.27. The van der Waals surface area contributed by atoms with Gasteiger partial charge in [-0.3, -0.25) is 4.79 Å². The molecule has 158 valence electrons. The van der Waals surface area contributed by atoms with Crippen LogP contribution in [-0.4, -0.2) is 30.7 Å². The molecule has 1 aliphatic carbocycles. The van der Waals surface area contributed by atoms with Gasteiger partial charge >= 0.3 is 0 Å². The van der Waals surface area contributed by atoms with Crippen LogP contribution < -0.4 is 14.8 Å². The van der Waals surface area contributed by atoms with E-state index in [2.05, 4.69) is 28.2 Å². The second-order valence-electron chi connectivity index (χ2n) is 8.10. The average molecular weight is 407 g/mol. The van der Waals surface area contributed by atoms with Gasteiger partial charge in [0.15, 0.2) is 0 Å². The van der Waals surface area contributed by atoms with Crippen molar-refractivity contribution in [1.29, 1.82) is 0 Å². The van der Waals surface area contributed by atoms with Crippen molar-refractivity contribution in [1.82, 2.24) is 9.88 Å². The van der Waals surface area contributed by atoms with Crippen molar-refractivity contribution in [2.24, 2.45) is 0 Å². The number of rotatable bonds is 7. The van der Waals surface area contributed by atoms with Crippen LogP contribution in [0.1, 0.15) is 43.2 Å². The van der Waals surface area contributed by atoms with Crippen molar-refractivity contribution in [3.05, 3.63) is 59.8 Å². The number of nitrogens with zero attached hydrogens (tertiary/aromatic N) is 1. The first-order valence-electron chi connectivity index (χ1n) is 10.7. The number of methoxy groups -OCH3 is 2. The summed E-state index contributed by atoms with van der Waals surface area (Å²) in [5, 5.41) is 4.37. The van der Waals surface area contributed by atoms with Gasteiger partial charge in [0.1, 0.15) is 11.5 Å². The fraction of sp³-hybridized carbons (Fsp3) is 0.400. The Morgan fingerprint density at radius 1 is 1.03 bits per heavy atom. The molecular weight excluding hydrogens is 376 g/mol. The van der Waals surface area contributed by atoms with Crippen molar-refractivity contribution >= 4 is 16.8 Å². The second-order valence-corrected chi connectivity index (χ2v) is 8.10. The predicted octanol–water partition coefficient (Wildman–Crippen LogP) is 4.70. The molecule has 0 unspecified atom stereocenters. The molecule has 30 heavy (non-hydrogen) atoms. The highest BCUT2D eigenvalue weighted by atomic mass is 16.5. The van der Waals surface area contributed by atoms with Crippen molar-refractivity contribution in [2.45, 2.75) is 51.1 Å². The normalized spacial score (nSPS) is 14.6. The average Bonchev–Trinajstić information content (AvgIpc) is 3.11. The minimum Gasteiger partial charge on any atom is -0.497 e. The molecule has 0 saturated heterocycles. The summed E-state index contributed by atoms with van der Waals surface area (Å²) < 4.78 is 13.0. The molecule has 0 atom stereocenters. The van der Waals surface area contributed by atoms with Crippen LogP contribution in [0.2, 0.25) is 0 Å². The summed E-state index contributed by atoms with van der Waals surface area (Å²) in [6, 6.07) is 14.5. The van der Waals surface area contributed by atoms with E-state index in [0.717, 1.165) is 46.4 Å². The minimum atomic E-state index is 0.118. The van der Waals surface area contributed by atoms with Gasteiger partial charge in [-0.15, -0.1) is 0 Å². The summed E-state index contributed by atoms with van der Waals surface area (Å²) in [5.41, 5.74) is 3.28. The Labute approximate surface area is 178 Å². The molecular formula is C25H30N2O3. The van der Waals surface area contributed by atoms with E-state index in [4.69, 9.17) is 9.47 Å². The first-order chi connectivity index (χ1) is 14.7. The highest BCUT2D eigenvalue weighted by Gasteiger charge is 2.18. The lowest BCUT2D eigenvalue weighted by molar-refractivity contribution is -0.121. The van der Waals surface area contributed by atoms with E-state index < -0.39 is 0 Å². The monoisotopic (exact) mass is 406 g/mol. The lowest BCUT2D eigenvalue weighted by Crippen LogP contribution is -2.37. The number of aromatic nitrogens is 1. The third-order valence-corrected chi connectivity index (χ3v) is 5.96. The van der Waals surface area contributed by atoms with Crippen molar-refractivity contribution in [2.75, 3.05) is 14.2 Å². The van der Waals surface area contributed by atoms with E-state index in [1.54, 1.807) is 14.2 Å². The minimum absolute atomic E-state index is 0.118. The second kappa shape index (κ2) is 9.24. The van der Waals surface area contributed by atoms with E-state index >= 15 is 0 Å². The zero-order valence-electron chi connectivity index (χ0n) is 17.8. The topological polar surface area (TPSA) is 52.5 Å². The number of carbonyl (C=O) groups is 1. The summed E-state index contributed by atoms with van der Waals surface area (Å²) >= 11 is 0. The Morgan fingerprint density at radius 3 is 2.43 bits per heavy atom. The standard InChI is InChI=1S/C25H30N2O3/c1-29-21-12-18(13-22(15-21)30-2)16-27-17-19(23-10-6-7-11-24(23)27)14-25(28)26-20-8-4-3-5-9-20/h6-7,10-13,15,17,20H,3-5,8-9,14,16H2,1-2H3,(H,26,28). The number of fused-ring (bicyclic) bond motifs is 1. The van der Waals surface area contributed by atoms with Crippen LogP contribution in [-0.2, 0) is 17.8 Å². The molecule has 5 nitrogen and oxygen atoms in total. The lowest BCUT2D eigenvalue weighted by atomic mass is 9.95. The smallest absolute Gasteiger partial charge is 0.224 e. The van der Waals surface area contributed by atoms with Crippen molar-refractivity contribution in [3.63, 3.8) is 0 Å². The zero-order chi connectivity index (χ0) is 20.9. The van der Waals surface area contributed by atoms with E-state index in [0.29, 0.717) is 19.0 Å². The van der Waals surface area contributed by atoms with Gasteiger partial charge in [0, 0.05) is 35.8 Å². The first-order valence-corrected chi connectivity index (χ1v) is 10.7. The molecule has 1 heterocycles. The van der Waals surface area contributed by atoms with Crippen LogP contribution in [0, 0.1) is 0 Å². The molecule has 4 rings (SSSR count). The number of ether oxygens (including phenoxy) is 2. The van der Waals surface area contributed by atoms with E-state index in [1.165, 1.54) is 19.3 Å². The van der Waals surface area contributed by atoms with Gasteiger partial charge < -0.3 is 19.4 Å². The summed E-state index contributed by atoms with van der Waals surface area (Å²) in [7, 11) is 3.32. The fourth-order valence-electron chi connectivity index (χ4n) is 4.45. The van der Waals surface area contributed by atoms with Gasteiger partial charge in [-0.2, -0.15) is 0 Å². The summed E-state index contributed by atoms with van der Waals surface area (Å²) in [6.07, 6.45) is 8.44. The number of amides is 1. The van der Waals surface area contributed by atoms with Crippen LogP contribution in [0.4, 0.5) is 0 Å². The number of nitrogens with one attached hydrogen (secondary N) is 1. The maximum absolute atomic E-state index is 12.7. The molecule has 2 aromatic carbocycles. The van der Waals surface area contributed by atoms with Gasteiger partial charge in [-0.25, -0.2) is 0 Å². The predicted molar refractivity (Wildman–Crippen MR) is 119 cm³/mol. The van der Waals surface area contributed by atoms with Crippen LogP contribution >= 0.6 is 0 Å². The highest BCUT2D eigenvalue weighted by molar-refractivity contribution is 5.89. The lowest BCUT2D eigenvalue weighted by Gasteiger charge is -2.22. The van der Waals surface area contributed by atoms with Crippen LogP contribution in [0.15, 0.2) is 48.7 Å². The Hall–Kier alpha value is -2.95. The number of carbonyl (C=O) groups excluding carboxylic acids is 1. The van der Waals surface area contributed by atoms with Gasteiger partial charge in [0.2, 0.25) is 5.91 Å². The molecule has 1 aromatic heterocycles. The number of para-hydroxylation sites is 1.